The normalized spacial score (nSPS) is 35.6. The Balaban J connectivity index is 1.67. The van der Waals surface area contributed by atoms with Crippen LogP contribution in [0.15, 0.2) is 0 Å². The van der Waals surface area contributed by atoms with Crippen LogP contribution in [0.2, 0.25) is 0 Å². The predicted molar refractivity (Wildman–Crippen MR) is 67.6 cm³/mol. The fraction of sp³-hybridized carbons (Fsp3) is 0.923. The van der Waals surface area contributed by atoms with Crippen LogP contribution < -0.4 is 10.6 Å². The van der Waals surface area contributed by atoms with E-state index < -0.39 is 6.41 Å². The van der Waals surface area contributed by atoms with E-state index in [1.807, 2.05) is 0 Å². The van der Waals surface area contributed by atoms with Crippen molar-refractivity contribution in [2.75, 3.05) is 13.2 Å². The van der Waals surface area contributed by atoms with E-state index in [0.29, 0.717) is 6.61 Å². The number of nitrogens with one attached hydrogen (secondary N) is 2. The maximum atomic E-state index is 11.9. The molecular formula is C13H24N2O3. The monoisotopic (exact) mass is 256 g/mol. The lowest BCUT2D eigenvalue weighted by atomic mass is 9.68. The third-order valence-electron chi connectivity index (χ3n) is 3.77. The molecule has 3 N–H and O–H groups in total. The summed E-state index contributed by atoms with van der Waals surface area (Å²) in [6, 6.07) is 0. The number of carbonyl (C=O) groups excluding carboxylic acids is 1. The van der Waals surface area contributed by atoms with Gasteiger partial charge in [0.1, 0.15) is 0 Å². The molecule has 2 rings (SSSR count). The van der Waals surface area contributed by atoms with Gasteiger partial charge in [-0.2, -0.15) is 0 Å². The van der Waals surface area contributed by atoms with Crippen molar-refractivity contribution >= 4 is 5.91 Å². The first kappa shape index (κ1) is 13.8. The van der Waals surface area contributed by atoms with Crippen LogP contribution in [0.1, 0.15) is 40.0 Å². The van der Waals surface area contributed by atoms with Crippen molar-refractivity contribution < 1.29 is 14.6 Å². The lowest BCUT2D eigenvalue weighted by molar-refractivity contribution is -0.130. The maximum absolute atomic E-state index is 11.9. The minimum absolute atomic E-state index is 0.0615. The van der Waals surface area contributed by atoms with E-state index in [9.17, 15) is 9.90 Å². The number of hydrogen-bond donors (Lipinski definition) is 3. The first-order chi connectivity index (χ1) is 8.30. The second kappa shape index (κ2) is 4.79. The Hall–Kier alpha value is -0.650. The molecular weight excluding hydrogens is 232 g/mol. The van der Waals surface area contributed by atoms with Crippen molar-refractivity contribution in [3.8, 4) is 0 Å². The van der Waals surface area contributed by atoms with E-state index >= 15 is 0 Å². The van der Waals surface area contributed by atoms with Gasteiger partial charge in [0.25, 0.3) is 0 Å². The minimum Gasteiger partial charge on any atom is -0.356 e. The molecule has 1 saturated heterocycles. The third-order valence-corrected chi connectivity index (χ3v) is 3.77. The number of rotatable bonds is 3. The van der Waals surface area contributed by atoms with Crippen LogP contribution in [-0.2, 0) is 9.53 Å². The van der Waals surface area contributed by atoms with Gasteiger partial charge in [0.05, 0.1) is 6.61 Å². The fourth-order valence-corrected chi connectivity index (χ4v) is 2.59. The summed E-state index contributed by atoms with van der Waals surface area (Å²) in [5, 5.41) is 15.2. The van der Waals surface area contributed by atoms with Crippen molar-refractivity contribution in [2.45, 2.75) is 52.0 Å². The van der Waals surface area contributed by atoms with E-state index in [-0.39, 0.29) is 22.8 Å². The van der Waals surface area contributed by atoms with Gasteiger partial charge in [-0.05, 0) is 24.7 Å². The van der Waals surface area contributed by atoms with Gasteiger partial charge in [0.15, 0.2) is 0 Å². The summed E-state index contributed by atoms with van der Waals surface area (Å²) in [6.45, 7) is 7.73. The predicted octanol–water partition coefficient (Wildman–Crippen LogP) is 0.583. The smallest absolute Gasteiger partial charge is 0.223 e. The van der Waals surface area contributed by atoms with Crippen LogP contribution >= 0.6 is 0 Å². The first-order valence-electron chi connectivity index (χ1n) is 6.65. The first-order valence-corrected chi connectivity index (χ1v) is 6.65. The molecule has 0 aromatic heterocycles. The van der Waals surface area contributed by atoms with Gasteiger partial charge < -0.3 is 15.2 Å². The lowest BCUT2D eigenvalue weighted by Crippen LogP contribution is -2.58. The number of aliphatic hydroxyl groups excluding tert-OH is 1. The molecule has 0 bridgehead atoms. The highest BCUT2D eigenvalue weighted by atomic mass is 16.6. The van der Waals surface area contributed by atoms with Gasteiger partial charge in [-0.1, -0.05) is 20.8 Å². The Labute approximate surface area is 108 Å². The Bertz CT molecular complexity index is 319. The molecule has 2 fully saturated rings. The molecule has 0 aromatic carbocycles. The van der Waals surface area contributed by atoms with Gasteiger partial charge in [-0.3, -0.25) is 10.1 Å². The Morgan fingerprint density at radius 2 is 2.17 bits per heavy atom. The Morgan fingerprint density at radius 1 is 1.50 bits per heavy atom. The van der Waals surface area contributed by atoms with Gasteiger partial charge in [-0.15, -0.1) is 0 Å². The number of aliphatic hydroxyl groups is 1. The molecule has 1 unspecified atom stereocenters. The van der Waals surface area contributed by atoms with E-state index in [1.54, 1.807) is 0 Å². The summed E-state index contributed by atoms with van der Waals surface area (Å²) in [5.41, 5.74) is 0.0878. The molecule has 2 aliphatic rings. The highest BCUT2D eigenvalue weighted by molar-refractivity contribution is 5.80. The standard InChI is InChI=1S/C13H24N2O3/c1-12(2,3)4-5-14-10(16)9-6-13(7-9)8-18-11(17)15-13/h9,11,15,17H,4-8H2,1-3H3,(H,14,16). The molecule has 0 aromatic rings. The average molecular weight is 256 g/mol. The molecule has 18 heavy (non-hydrogen) atoms. The van der Waals surface area contributed by atoms with Gasteiger partial charge in [0.2, 0.25) is 12.3 Å². The van der Waals surface area contributed by atoms with Crippen LogP contribution in [0.4, 0.5) is 0 Å². The summed E-state index contributed by atoms with van der Waals surface area (Å²) in [4.78, 5) is 11.9. The summed E-state index contributed by atoms with van der Waals surface area (Å²) in [7, 11) is 0. The second-order valence-electron chi connectivity index (χ2n) is 6.79. The molecule has 1 atom stereocenters. The number of carbonyl (C=O) groups is 1. The Kier molecular flexibility index (Phi) is 3.67. The zero-order valence-electron chi connectivity index (χ0n) is 11.5. The van der Waals surface area contributed by atoms with E-state index in [2.05, 4.69) is 31.4 Å². The van der Waals surface area contributed by atoms with E-state index in [1.165, 1.54) is 0 Å². The van der Waals surface area contributed by atoms with Crippen molar-refractivity contribution in [1.82, 2.24) is 10.6 Å². The zero-order valence-corrected chi connectivity index (χ0v) is 11.5. The average Bonchev–Trinajstić information content (AvgIpc) is 2.56. The largest absolute Gasteiger partial charge is 0.356 e. The van der Waals surface area contributed by atoms with Crippen LogP contribution in [0.5, 0.6) is 0 Å². The van der Waals surface area contributed by atoms with Crippen molar-refractivity contribution in [3.05, 3.63) is 0 Å². The summed E-state index contributed by atoms with van der Waals surface area (Å²) < 4.78 is 5.08. The number of hydrogen-bond acceptors (Lipinski definition) is 4. The zero-order chi connectivity index (χ0) is 13.4. The van der Waals surface area contributed by atoms with E-state index in [0.717, 1.165) is 25.8 Å². The highest BCUT2D eigenvalue weighted by Gasteiger charge is 2.51. The molecule has 1 amide bonds. The SMILES string of the molecule is CC(C)(C)CCNC(=O)C1CC2(COC(O)N2)C1. The highest BCUT2D eigenvalue weighted by Crippen LogP contribution is 2.41. The van der Waals surface area contributed by atoms with E-state index in [4.69, 9.17) is 4.74 Å². The van der Waals surface area contributed by atoms with Crippen molar-refractivity contribution in [2.24, 2.45) is 11.3 Å². The third kappa shape index (κ3) is 3.22. The quantitative estimate of drug-likeness (QED) is 0.691. The number of ether oxygens (including phenoxy) is 1. The topological polar surface area (TPSA) is 70.6 Å². The lowest BCUT2D eigenvalue weighted by Gasteiger charge is -2.43. The van der Waals surface area contributed by atoms with Crippen molar-refractivity contribution in [1.29, 1.82) is 0 Å². The van der Waals surface area contributed by atoms with Crippen LogP contribution in [0, 0.1) is 11.3 Å². The molecule has 5 heteroatoms. The fourth-order valence-electron chi connectivity index (χ4n) is 2.59. The summed E-state index contributed by atoms with van der Waals surface area (Å²) >= 11 is 0. The molecule has 1 aliphatic heterocycles. The second-order valence-corrected chi connectivity index (χ2v) is 6.79. The van der Waals surface area contributed by atoms with Gasteiger partial charge in [0, 0.05) is 18.0 Å². The van der Waals surface area contributed by atoms with Crippen LogP contribution in [0.25, 0.3) is 0 Å². The molecule has 1 heterocycles. The molecule has 5 nitrogen and oxygen atoms in total. The summed E-state index contributed by atoms with van der Waals surface area (Å²) in [5.74, 6) is 0.194. The van der Waals surface area contributed by atoms with Gasteiger partial charge >= 0.3 is 0 Å². The van der Waals surface area contributed by atoms with Crippen LogP contribution in [0.3, 0.4) is 0 Å². The Morgan fingerprint density at radius 3 is 2.67 bits per heavy atom. The minimum atomic E-state index is -0.866. The molecule has 1 spiro atoms. The number of amides is 1. The summed E-state index contributed by atoms with van der Waals surface area (Å²) in [6.07, 6.45) is 1.63. The maximum Gasteiger partial charge on any atom is 0.223 e. The van der Waals surface area contributed by atoms with Crippen molar-refractivity contribution in [3.63, 3.8) is 0 Å². The molecule has 0 radical (unpaired) electrons. The molecule has 104 valence electrons. The molecule has 1 aliphatic carbocycles. The van der Waals surface area contributed by atoms with Crippen LogP contribution in [-0.4, -0.2) is 36.1 Å². The van der Waals surface area contributed by atoms with Gasteiger partial charge in [-0.25, -0.2) is 0 Å². The molecule has 1 saturated carbocycles.